The third kappa shape index (κ3) is 6.07. The predicted molar refractivity (Wildman–Crippen MR) is 130 cm³/mol. The molecule has 4 rings (SSSR count). The molecule has 1 fully saturated rings. The van der Waals surface area contributed by atoms with Gasteiger partial charge in [0.05, 0.1) is 12.1 Å². The summed E-state index contributed by atoms with van der Waals surface area (Å²) in [5.74, 6) is 4.64. The van der Waals surface area contributed by atoms with Gasteiger partial charge in [0.25, 0.3) is 0 Å². The van der Waals surface area contributed by atoms with Crippen molar-refractivity contribution in [1.82, 2.24) is 15.3 Å². The molecular weight excluding hydrogens is 452 g/mol. The van der Waals surface area contributed by atoms with Crippen LogP contribution in [0.15, 0.2) is 45.5 Å². The van der Waals surface area contributed by atoms with Crippen molar-refractivity contribution in [3.63, 3.8) is 0 Å². The van der Waals surface area contributed by atoms with Gasteiger partial charge in [0, 0.05) is 25.9 Å². The molecule has 0 amide bonds. The van der Waals surface area contributed by atoms with E-state index in [1.165, 1.54) is 38.5 Å². The summed E-state index contributed by atoms with van der Waals surface area (Å²) in [5.41, 5.74) is 1.05. The summed E-state index contributed by atoms with van der Waals surface area (Å²) in [6.07, 6.45) is 8.78. The van der Waals surface area contributed by atoms with Crippen molar-refractivity contribution in [3.05, 3.63) is 52.7 Å². The molecular formula is C25H33BrN4O. The lowest BCUT2D eigenvalue weighted by Crippen LogP contribution is -2.26. The summed E-state index contributed by atoms with van der Waals surface area (Å²) in [6.45, 7) is 1.90. The van der Waals surface area contributed by atoms with Gasteiger partial charge in [-0.1, -0.05) is 31.4 Å². The molecule has 3 aromatic rings. The largest absolute Gasteiger partial charge is 0.453 e. The smallest absolute Gasteiger partial charge is 0.169 e. The zero-order chi connectivity index (χ0) is 21.6. The van der Waals surface area contributed by atoms with Crippen molar-refractivity contribution in [2.75, 3.05) is 25.5 Å². The number of furan rings is 1. The zero-order valence-corrected chi connectivity index (χ0v) is 20.2. The molecule has 1 saturated carbocycles. The Morgan fingerprint density at radius 1 is 1.03 bits per heavy atom. The Labute approximate surface area is 193 Å². The van der Waals surface area contributed by atoms with Crippen LogP contribution in [-0.2, 0) is 13.0 Å². The Morgan fingerprint density at radius 3 is 2.55 bits per heavy atom. The Morgan fingerprint density at radius 2 is 1.81 bits per heavy atom. The van der Waals surface area contributed by atoms with Crippen LogP contribution in [0, 0.1) is 11.8 Å². The van der Waals surface area contributed by atoms with Crippen LogP contribution in [0.25, 0.3) is 10.9 Å². The second-order valence-electron chi connectivity index (χ2n) is 8.99. The van der Waals surface area contributed by atoms with E-state index < -0.39 is 0 Å². The Balaban J connectivity index is 1.20. The number of halogens is 1. The molecule has 0 saturated heterocycles. The first-order chi connectivity index (χ1) is 15.1. The monoisotopic (exact) mass is 484 g/mol. The van der Waals surface area contributed by atoms with E-state index in [1.54, 1.807) is 0 Å². The van der Waals surface area contributed by atoms with Gasteiger partial charge in [-0.05, 0) is 77.8 Å². The standard InChI is InChI=1S/C25H33BrN4O/c1-30(2)25-21-7-3-4-8-22(21)28-24(29-25)9-5-6-18-10-12-19(13-11-18)16-27-17-20-14-15-23(26)31-20/h3-4,7-8,14-15,18-19,27H,5-6,9-13,16-17H2,1-2H3. The van der Waals surface area contributed by atoms with E-state index in [0.717, 1.165) is 64.3 Å². The molecule has 1 aliphatic rings. The second kappa shape index (κ2) is 10.6. The first-order valence-corrected chi connectivity index (χ1v) is 12.3. The fourth-order valence-corrected chi connectivity index (χ4v) is 5.02. The molecule has 0 spiro atoms. The molecule has 31 heavy (non-hydrogen) atoms. The van der Waals surface area contributed by atoms with Gasteiger partial charge in [-0.25, -0.2) is 9.97 Å². The minimum absolute atomic E-state index is 0.793. The molecule has 5 nitrogen and oxygen atoms in total. The summed E-state index contributed by atoms with van der Waals surface area (Å²) in [7, 11) is 4.11. The van der Waals surface area contributed by atoms with Crippen LogP contribution in [0.3, 0.4) is 0 Å². The van der Waals surface area contributed by atoms with Crippen LogP contribution in [0.2, 0.25) is 0 Å². The van der Waals surface area contributed by atoms with Gasteiger partial charge < -0.3 is 14.6 Å². The van der Waals surface area contributed by atoms with Crippen LogP contribution >= 0.6 is 15.9 Å². The number of aryl methyl sites for hydroxylation is 1. The molecule has 0 bridgehead atoms. The van der Waals surface area contributed by atoms with E-state index in [2.05, 4.69) is 64.5 Å². The third-order valence-corrected chi connectivity index (χ3v) is 6.82. The van der Waals surface area contributed by atoms with Crippen LogP contribution in [-0.4, -0.2) is 30.6 Å². The first-order valence-electron chi connectivity index (χ1n) is 11.5. The number of hydrogen-bond donors (Lipinski definition) is 1. The molecule has 2 heterocycles. The molecule has 0 aliphatic heterocycles. The lowest BCUT2D eigenvalue weighted by atomic mass is 9.80. The number of rotatable bonds is 9. The summed E-state index contributed by atoms with van der Waals surface area (Å²) in [5, 5.41) is 4.69. The average Bonchev–Trinajstić information content (AvgIpc) is 3.19. The number of benzene rings is 1. The Hall–Kier alpha value is -1.92. The maximum Gasteiger partial charge on any atom is 0.169 e. The van der Waals surface area contributed by atoms with Gasteiger partial charge in [-0.3, -0.25) is 0 Å². The van der Waals surface area contributed by atoms with Gasteiger partial charge in [-0.15, -0.1) is 0 Å². The van der Waals surface area contributed by atoms with E-state index in [1.807, 2.05) is 12.1 Å². The molecule has 1 aliphatic carbocycles. The minimum atomic E-state index is 0.793. The van der Waals surface area contributed by atoms with Crippen molar-refractivity contribution in [2.24, 2.45) is 11.8 Å². The number of fused-ring (bicyclic) bond motifs is 1. The molecule has 166 valence electrons. The summed E-state index contributed by atoms with van der Waals surface area (Å²) in [4.78, 5) is 11.8. The normalized spacial score (nSPS) is 19.1. The Kier molecular flexibility index (Phi) is 7.62. The second-order valence-corrected chi connectivity index (χ2v) is 9.77. The number of hydrogen-bond acceptors (Lipinski definition) is 5. The Bertz CT molecular complexity index is 979. The van der Waals surface area contributed by atoms with Crippen LogP contribution in [0.5, 0.6) is 0 Å². The average molecular weight is 485 g/mol. The third-order valence-electron chi connectivity index (χ3n) is 6.39. The van der Waals surface area contributed by atoms with Gasteiger partial charge in [0.1, 0.15) is 17.4 Å². The molecule has 2 aromatic heterocycles. The lowest BCUT2D eigenvalue weighted by molar-refractivity contribution is 0.252. The van der Waals surface area contributed by atoms with Gasteiger partial charge in [0.2, 0.25) is 0 Å². The maximum absolute atomic E-state index is 5.56. The van der Waals surface area contributed by atoms with Crippen LogP contribution in [0.4, 0.5) is 5.82 Å². The summed E-state index contributed by atoms with van der Waals surface area (Å²) < 4.78 is 6.36. The van der Waals surface area contributed by atoms with Crippen LogP contribution in [0.1, 0.15) is 50.1 Å². The van der Waals surface area contributed by atoms with Crippen molar-refractivity contribution in [3.8, 4) is 0 Å². The molecule has 0 radical (unpaired) electrons. The van der Waals surface area contributed by atoms with Gasteiger partial charge in [-0.2, -0.15) is 0 Å². The topological polar surface area (TPSA) is 54.2 Å². The lowest BCUT2D eigenvalue weighted by Gasteiger charge is -2.28. The van der Waals surface area contributed by atoms with E-state index in [9.17, 15) is 0 Å². The van der Waals surface area contributed by atoms with Crippen LogP contribution < -0.4 is 10.2 Å². The highest BCUT2D eigenvalue weighted by atomic mass is 79.9. The number of anilines is 1. The quantitative estimate of drug-likeness (QED) is 0.405. The van der Waals surface area contributed by atoms with Crippen molar-refractivity contribution < 1.29 is 4.42 Å². The number of para-hydroxylation sites is 1. The van der Waals surface area contributed by atoms with Gasteiger partial charge >= 0.3 is 0 Å². The maximum atomic E-state index is 5.56. The van der Waals surface area contributed by atoms with Crippen molar-refractivity contribution >= 4 is 32.7 Å². The fourth-order valence-electron chi connectivity index (χ4n) is 4.68. The SMILES string of the molecule is CN(C)c1nc(CCCC2CCC(CNCc3ccc(Br)o3)CC2)nc2ccccc12. The molecule has 1 aromatic carbocycles. The highest BCUT2D eigenvalue weighted by Gasteiger charge is 2.21. The predicted octanol–water partition coefficient (Wildman–Crippen LogP) is 5.97. The molecule has 0 atom stereocenters. The minimum Gasteiger partial charge on any atom is -0.453 e. The fraction of sp³-hybridized carbons (Fsp3) is 0.520. The summed E-state index contributed by atoms with van der Waals surface area (Å²) >= 11 is 3.36. The van der Waals surface area contributed by atoms with Gasteiger partial charge in [0.15, 0.2) is 4.67 Å². The van der Waals surface area contributed by atoms with E-state index >= 15 is 0 Å². The molecule has 1 N–H and O–H groups in total. The number of aromatic nitrogens is 2. The van der Waals surface area contributed by atoms with E-state index in [-0.39, 0.29) is 0 Å². The highest BCUT2D eigenvalue weighted by molar-refractivity contribution is 9.10. The van der Waals surface area contributed by atoms with Crippen molar-refractivity contribution in [1.29, 1.82) is 0 Å². The van der Waals surface area contributed by atoms with E-state index in [0.29, 0.717) is 0 Å². The van der Waals surface area contributed by atoms with E-state index in [4.69, 9.17) is 14.4 Å². The highest BCUT2D eigenvalue weighted by Crippen LogP contribution is 2.32. The number of nitrogens with one attached hydrogen (secondary N) is 1. The molecule has 0 unspecified atom stereocenters. The molecule has 6 heteroatoms. The number of nitrogens with zero attached hydrogens (tertiary/aromatic N) is 3. The van der Waals surface area contributed by atoms with Crippen molar-refractivity contribution in [2.45, 2.75) is 51.5 Å². The first kappa shape index (κ1) is 22.3. The zero-order valence-electron chi connectivity index (χ0n) is 18.6. The summed E-state index contributed by atoms with van der Waals surface area (Å²) in [6, 6.07) is 12.3.